The number of carbonyl (C=O) groups is 1. The van der Waals surface area contributed by atoms with E-state index in [1.807, 2.05) is 19.1 Å². The molecule has 1 saturated carbocycles. The van der Waals surface area contributed by atoms with Gasteiger partial charge in [-0.05, 0) is 49.3 Å². The van der Waals surface area contributed by atoms with E-state index in [1.165, 1.54) is 6.42 Å². The number of hydrogen-bond acceptors (Lipinski definition) is 4. The second-order valence-corrected chi connectivity index (χ2v) is 9.57. The molecule has 2 atom stereocenters. The van der Waals surface area contributed by atoms with Crippen LogP contribution in [-0.4, -0.2) is 17.5 Å². The Morgan fingerprint density at radius 1 is 1.28 bits per heavy atom. The third-order valence-corrected chi connectivity index (χ3v) is 7.52. The first-order chi connectivity index (χ1) is 13.6. The van der Waals surface area contributed by atoms with Crippen LogP contribution < -0.4 is 15.6 Å². The van der Waals surface area contributed by atoms with E-state index >= 15 is 0 Å². The molecule has 1 aromatic carbocycles. The number of pyridine rings is 1. The van der Waals surface area contributed by atoms with Gasteiger partial charge in [0.25, 0.3) is 5.91 Å². The average Bonchev–Trinajstić information content (AvgIpc) is 2.99. The predicted molar refractivity (Wildman–Crippen MR) is 116 cm³/mol. The fourth-order valence-electron chi connectivity index (χ4n) is 4.61. The number of nitrogens with one attached hydrogen (secondary N) is 2. The monoisotopic (exact) mass is 433 g/mol. The van der Waals surface area contributed by atoms with Crippen molar-refractivity contribution in [3.63, 3.8) is 0 Å². The molecule has 0 radical (unpaired) electrons. The lowest BCUT2D eigenvalue weighted by Gasteiger charge is -2.37. The zero-order chi connectivity index (χ0) is 21.0. The van der Waals surface area contributed by atoms with Crippen molar-refractivity contribution in [2.45, 2.75) is 40.5 Å². The first kappa shape index (κ1) is 20.3. The fourth-order valence-corrected chi connectivity index (χ4v) is 5.18. The molecule has 2 N–H and O–H groups in total. The van der Waals surface area contributed by atoms with Crippen LogP contribution in [0.3, 0.4) is 0 Å². The number of allylic oxidation sites excluding steroid dienone is 2. The third kappa shape index (κ3) is 3.24. The van der Waals surface area contributed by atoms with E-state index in [0.717, 1.165) is 23.2 Å². The van der Waals surface area contributed by atoms with Crippen molar-refractivity contribution in [2.24, 2.45) is 16.7 Å². The number of rotatable bonds is 5. The molecule has 0 unspecified atom stereocenters. The molecule has 2 aliphatic carbocycles. The summed E-state index contributed by atoms with van der Waals surface area (Å²) in [6, 6.07) is 5.35. The van der Waals surface area contributed by atoms with E-state index < -0.39 is 0 Å². The van der Waals surface area contributed by atoms with Crippen LogP contribution in [-0.2, 0) is 4.79 Å². The van der Waals surface area contributed by atoms with Crippen LogP contribution in [0.15, 0.2) is 30.0 Å². The van der Waals surface area contributed by atoms with Gasteiger partial charge < -0.3 is 10.2 Å². The number of nitrogens with zero attached hydrogens (tertiary/aromatic N) is 1. The Kier molecular flexibility index (Phi) is 4.94. The molecule has 0 aliphatic heterocycles. The van der Waals surface area contributed by atoms with Crippen LogP contribution in [0.4, 0.5) is 0 Å². The van der Waals surface area contributed by atoms with Gasteiger partial charge in [-0.25, -0.2) is 4.98 Å². The minimum Gasteiger partial charge on any atom is -0.480 e. The first-order valence-corrected chi connectivity index (χ1v) is 10.5. The highest BCUT2D eigenvalue weighted by Gasteiger charge is 2.57. The Labute approximate surface area is 180 Å². The number of amides is 1. The van der Waals surface area contributed by atoms with Gasteiger partial charge in [-0.2, -0.15) is 0 Å². The molecule has 1 fully saturated rings. The van der Waals surface area contributed by atoms with Gasteiger partial charge in [-0.3, -0.25) is 10.2 Å². The Morgan fingerprint density at radius 2 is 2.03 bits per heavy atom. The van der Waals surface area contributed by atoms with Crippen LogP contribution in [0, 0.1) is 23.7 Å². The number of hydrogen-bond donors (Lipinski definition) is 2. The van der Waals surface area contributed by atoms with Gasteiger partial charge in [0.05, 0.1) is 10.0 Å². The number of hydrazine groups is 1. The van der Waals surface area contributed by atoms with Crippen molar-refractivity contribution < 1.29 is 9.53 Å². The topological polar surface area (TPSA) is 63.2 Å². The van der Waals surface area contributed by atoms with E-state index in [1.54, 1.807) is 6.07 Å². The van der Waals surface area contributed by atoms with Gasteiger partial charge in [-0.1, -0.05) is 50.0 Å². The lowest BCUT2D eigenvalue weighted by molar-refractivity contribution is -0.124. The lowest BCUT2D eigenvalue weighted by Crippen LogP contribution is -2.44. The van der Waals surface area contributed by atoms with Gasteiger partial charge >= 0.3 is 0 Å². The molecule has 4 rings (SSSR count). The normalized spacial score (nSPS) is 24.5. The molecule has 29 heavy (non-hydrogen) atoms. The van der Waals surface area contributed by atoms with Crippen LogP contribution in [0.5, 0.6) is 5.75 Å². The zero-order valence-electron chi connectivity index (χ0n) is 17.0. The molecule has 2 bridgehead atoms. The van der Waals surface area contributed by atoms with E-state index in [2.05, 4.69) is 42.7 Å². The van der Waals surface area contributed by atoms with Crippen LogP contribution in [0.25, 0.3) is 10.9 Å². The molecule has 1 heterocycles. The van der Waals surface area contributed by atoms with Crippen molar-refractivity contribution >= 4 is 40.0 Å². The summed E-state index contributed by atoms with van der Waals surface area (Å²) in [4.78, 5) is 16.9. The number of benzene rings is 1. The smallest absolute Gasteiger partial charge is 0.276 e. The number of aryl methyl sites for hydroxylation is 1. The third-order valence-electron chi connectivity index (χ3n) is 6.93. The highest BCUT2D eigenvalue weighted by Crippen LogP contribution is 2.64. The number of ether oxygens (including phenoxy) is 1. The molecule has 2 aliphatic rings. The number of carbonyl (C=O) groups excluding carboxylic acids is 1. The minimum atomic E-state index is -0.290. The highest BCUT2D eigenvalue weighted by atomic mass is 35.5. The second-order valence-electron chi connectivity index (χ2n) is 8.76. The number of fused-ring (bicyclic) bond motifs is 3. The highest BCUT2D eigenvalue weighted by molar-refractivity contribution is 6.39. The Balaban J connectivity index is 1.44. The van der Waals surface area contributed by atoms with Crippen molar-refractivity contribution in [2.75, 3.05) is 6.61 Å². The summed E-state index contributed by atoms with van der Waals surface area (Å²) >= 11 is 12.6. The molecular weight excluding hydrogens is 409 g/mol. The largest absolute Gasteiger partial charge is 0.480 e. The minimum absolute atomic E-state index is 0.0446. The maximum Gasteiger partial charge on any atom is 0.276 e. The predicted octanol–water partition coefficient (Wildman–Crippen LogP) is 5.19. The first-order valence-electron chi connectivity index (χ1n) is 9.79. The van der Waals surface area contributed by atoms with Crippen molar-refractivity contribution in [1.82, 2.24) is 15.8 Å². The molecule has 5 nitrogen and oxygen atoms in total. The summed E-state index contributed by atoms with van der Waals surface area (Å²) in [7, 11) is 0. The summed E-state index contributed by atoms with van der Waals surface area (Å²) in [5.74, 6) is 0.607. The Hall–Kier alpha value is -1.98. The molecule has 7 heteroatoms. The summed E-state index contributed by atoms with van der Waals surface area (Å²) < 4.78 is 5.74. The van der Waals surface area contributed by atoms with Crippen LogP contribution in [0.1, 0.15) is 39.3 Å². The van der Waals surface area contributed by atoms with Crippen LogP contribution in [0.2, 0.25) is 10.0 Å². The maximum atomic E-state index is 12.4. The van der Waals surface area contributed by atoms with Gasteiger partial charge in [0.15, 0.2) is 12.4 Å². The van der Waals surface area contributed by atoms with Crippen LogP contribution >= 0.6 is 23.2 Å². The molecule has 2 aromatic rings. The van der Waals surface area contributed by atoms with Gasteiger partial charge in [-0.15, -0.1) is 0 Å². The SMILES string of the molecule is Cc1ccc2c(Cl)cc(Cl)c(OCC(=O)NNC3=C[C@@H]4CC[C@@]3(C)C4(C)C)c2n1. The molecular formula is C22H25Cl2N3O2. The molecule has 0 saturated heterocycles. The van der Waals surface area contributed by atoms with E-state index in [0.29, 0.717) is 27.2 Å². The van der Waals surface area contributed by atoms with Crippen molar-refractivity contribution in [3.05, 3.63) is 45.7 Å². The van der Waals surface area contributed by atoms with E-state index in [9.17, 15) is 4.79 Å². The summed E-state index contributed by atoms with van der Waals surface area (Å²) in [5.41, 5.74) is 8.57. The molecule has 1 aromatic heterocycles. The van der Waals surface area contributed by atoms with E-state index in [4.69, 9.17) is 27.9 Å². The van der Waals surface area contributed by atoms with Crippen molar-refractivity contribution in [1.29, 1.82) is 0 Å². The Morgan fingerprint density at radius 3 is 2.69 bits per heavy atom. The van der Waals surface area contributed by atoms with Gasteiger partial charge in [0.2, 0.25) is 0 Å². The number of aromatic nitrogens is 1. The number of halogens is 2. The zero-order valence-corrected chi connectivity index (χ0v) is 18.5. The molecule has 154 valence electrons. The standard InChI is InChI=1S/C22H25Cl2N3O2/c1-12-5-6-14-15(23)10-16(24)20(19(14)25-12)29-11-18(28)27-26-17-9-13-7-8-22(17,4)21(13,2)3/h5-6,9-10,13,26H,7-8,11H2,1-4H3,(H,27,28)/t13-,22+/m0/s1. The average molecular weight is 434 g/mol. The molecule has 1 amide bonds. The fraction of sp³-hybridized carbons (Fsp3) is 0.455. The lowest BCUT2D eigenvalue weighted by atomic mass is 9.69. The summed E-state index contributed by atoms with van der Waals surface area (Å²) in [5, 5.41) is 1.55. The quantitative estimate of drug-likeness (QED) is 0.636. The van der Waals surface area contributed by atoms with Crippen molar-refractivity contribution in [3.8, 4) is 5.75 Å². The Bertz CT molecular complexity index is 1030. The second kappa shape index (κ2) is 7.06. The molecule has 0 spiro atoms. The maximum absolute atomic E-state index is 12.4. The summed E-state index contributed by atoms with van der Waals surface area (Å²) in [6.07, 6.45) is 4.56. The van der Waals surface area contributed by atoms with Gasteiger partial charge in [0.1, 0.15) is 5.52 Å². The van der Waals surface area contributed by atoms with Gasteiger partial charge in [0, 0.05) is 22.2 Å². The summed E-state index contributed by atoms with van der Waals surface area (Å²) in [6.45, 7) is 8.54. The van der Waals surface area contributed by atoms with E-state index in [-0.39, 0.29) is 23.3 Å².